The van der Waals surface area contributed by atoms with Gasteiger partial charge in [0.2, 0.25) is 0 Å². The number of amides is 1. The van der Waals surface area contributed by atoms with Crippen LogP contribution in [-0.4, -0.2) is 46.6 Å². The molecule has 22 heavy (non-hydrogen) atoms. The zero-order chi connectivity index (χ0) is 15.4. The van der Waals surface area contributed by atoms with Crippen LogP contribution in [-0.2, 0) is 11.2 Å². The standard InChI is InChI=1S/C17H19N3O2/c1-22-16-7-10-20(17(21)14-12-18-8-9-19-14)15(16)11-13-5-3-2-4-6-13/h2-6,8-9,12,15-16H,7,10-11H2,1H3/t15-,16+/m0/s1. The van der Waals surface area contributed by atoms with Crippen molar-refractivity contribution < 1.29 is 9.53 Å². The van der Waals surface area contributed by atoms with E-state index in [1.165, 1.54) is 11.8 Å². The maximum Gasteiger partial charge on any atom is 0.274 e. The van der Waals surface area contributed by atoms with Gasteiger partial charge in [-0.15, -0.1) is 0 Å². The predicted octanol–water partition coefficient (Wildman–Crippen LogP) is 1.95. The molecule has 0 unspecified atom stereocenters. The van der Waals surface area contributed by atoms with Crippen LogP contribution in [0.2, 0.25) is 0 Å². The van der Waals surface area contributed by atoms with Crippen molar-refractivity contribution in [2.45, 2.75) is 25.0 Å². The molecule has 5 heteroatoms. The normalized spacial score (nSPS) is 21.0. The summed E-state index contributed by atoms with van der Waals surface area (Å²) in [6.07, 6.45) is 6.32. The van der Waals surface area contributed by atoms with Gasteiger partial charge < -0.3 is 9.64 Å². The topological polar surface area (TPSA) is 55.3 Å². The Morgan fingerprint density at radius 2 is 2.14 bits per heavy atom. The van der Waals surface area contributed by atoms with Gasteiger partial charge in [-0.1, -0.05) is 30.3 Å². The molecule has 3 rings (SSSR count). The molecule has 1 amide bonds. The first-order chi connectivity index (χ1) is 10.8. The molecule has 2 heterocycles. The molecule has 5 nitrogen and oxygen atoms in total. The van der Waals surface area contributed by atoms with Crippen LogP contribution in [0.25, 0.3) is 0 Å². The van der Waals surface area contributed by atoms with Crippen LogP contribution < -0.4 is 0 Å². The third-order valence-electron chi connectivity index (χ3n) is 4.12. The lowest BCUT2D eigenvalue weighted by atomic mass is 10.0. The Morgan fingerprint density at radius 1 is 1.32 bits per heavy atom. The summed E-state index contributed by atoms with van der Waals surface area (Å²) in [4.78, 5) is 22.6. The predicted molar refractivity (Wildman–Crippen MR) is 82.4 cm³/mol. The lowest BCUT2D eigenvalue weighted by Gasteiger charge is -2.27. The van der Waals surface area contributed by atoms with E-state index in [2.05, 4.69) is 22.1 Å². The fourth-order valence-electron chi connectivity index (χ4n) is 3.01. The molecule has 1 aromatic carbocycles. The summed E-state index contributed by atoms with van der Waals surface area (Å²) in [5.74, 6) is -0.0754. The van der Waals surface area contributed by atoms with E-state index < -0.39 is 0 Å². The lowest BCUT2D eigenvalue weighted by molar-refractivity contribution is 0.0504. The maximum absolute atomic E-state index is 12.7. The Kier molecular flexibility index (Phi) is 4.44. The van der Waals surface area contributed by atoms with Crippen LogP contribution in [0.15, 0.2) is 48.9 Å². The fourth-order valence-corrected chi connectivity index (χ4v) is 3.01. The summed E-state index contributed by atoms with van der Waals surface area (Å²) >= 11 is 0. The SMILES string of the molecule is CO[C@@H]1CCN(C(=O)c2cnccn2)[C@H]1Cc1ccccc1. The van der Waals surface area contributed by atoms with Crippen molar-refractivity contribution in [2.24, 2.45) is 0 Å². The number of ether oxygens (including phenoxy) is 1. The summed E-state index contributed by atoms with van der Waals surface area (Å²) in [6.45, 7) is 0.686. The van der Waals surface area contributed by atoms with Crippen LogP contribution in [0.5, 0.6) is 0 Å². The molecule has 0 N–H and O–H groups in total. The van der Waals surface area contributed by atoms with Crippen molar-refractivity contribution in [3.05, 3.63) is 60.2 Å². The van der Waals surface area contributed by atoms with Crippen LogP contribution in [0, 0.1) is 0 Å². The van der Waals surface area contributed by atoms with E-state index in [-0.39, 0.29) is 18.1 Å². The van der Waals surface area contributed by atoms with Crippen molar-refractivity contribution in [3.63, 3.8) is 0 Å². The first-order valence-corrected chi connectivity index (χ1v) is 7.43. The Labute approximate surface area is 130 Å². The molecule has 2 aromatic rings. The summed E-state index contributed by atoms with van der Waals surface area (Å²) in [5.41, 5.74) is 1.59. The zero-order valence-corrected chi connectivity index (χ0v) is 12.6. The number of rotatable bonds is 4. The van der Waals surface area contributed by atoms with E-state index in [9.17, 15) is 4.79 Å². The van der Waals surface area contributed by atoms with Crippen molar-refractivity contribution in [1.29, 1.82) is 0 Å². The van der Waals surface area contributed by atoms with Crippen LogP contribution >= 0.6 is 0 Å². The molecule has 1 fully saturated rings. The first kappa shape index (κ1) is 14.7. The van der Waals surface area contributed by atoms with E-state index in [1.807, 2.05) is 23.1 Å². The molecule has 1 aromatic heterocycles. The number of hydrogen-bond acceptors (Lipinski definition) is 4. The zero-order valence-electron chi connectivity index (χ0n) is 12.6. The Morgan fingerprint density at radius 3 is 2.82 bits per heavy atom. The van der Waals surface area contributed by atoms with E-state index in [0.29, 0.717) is 12.2 Å². The molecule has 1 saturated heterocycles. The third kappa shape index (κ3) is 2.99. The summed E-state index contributed by atoms with van der Waals surface area (Å²) in [6, 6.07) is 10.2. The number of hydrogen-bond donors (Lipinski definition) is 0. The van der Waals surface area contributed by atoms with Gasteiger partial charge in [-0.2, -0.15) is 0 Å². The molecule has 0 saturated carbocycles. The number of benzene rings is 1. The first-order valence-electron chi connectivity index (χ1n) is 7.43. The van der Waals surface area contributed by atoms with Gasteiger partial charge in [0.25, 0.3) is 5.91 Å². The number of likely N-dealkylation sites (tertiary alicyclic amines) is 1. The molecule has 0 aliphatic carbocycles. The highest BCUT2D eigenvalue weighted by atomic mass is 16.5. The number of carbonyl (C=O) groups is 1. The van der Waals surface area contributed by atoms with Gasteiger partial charge in [0.15, 0.2) is 0 Å². The van der Waals surface area contributed by atoms with Gasteiger partial charge in [-0.3, -0.25) is 9.78 Å². The van der Waals surface area contributed by atoms with Crippen molar-refractivity contribution >= 4 is 5.91 Å². The maximum atomic E-state index is 12.7. The number of carbonyl (C=O) groups excluding carboxylic acids is 1. The Bertz CT molecular complexity index is 618. The van der Waals surface area contributed by atoms with Gasteiger partial charge in [0.05, 0.1) is 18.3 Å². The molecule has 114 valence electrons. The largest absolute Gasteiger partial charge is 0.379 e. The number of aromatic nitrogens is 2. The van der Waals surface area contributed by atoms with E-state index in [4.69, 9.17) is 4.74 Å². The van der Waals surface area contributed by atoms with Gasteiger partial charge >= 0.3 is 0 Å². The molecular formula is C17H19N3O2. The van der Waals surface area contributed by atoms with E-state index >= 15 is 0 Å². The van der Waals surface area contributed by atoms with Gasteiger partial charge in [-0.05, 0) is 18.4 Å². The lowest BCUT2D eigenvalue weighted by Crippen LogP contribution is -2.42. The van der Waals surface area contributed by atoms with Gasteiger partial charge in [0, 0.05) is 26.0 Å². The van der Waals surface area contributed by atoms with Crippen molar-refractivity contribution in [3.8, 4) is 0 Å². The number of nitrogens with zero attached hydrogens (tertiary/aromatic N) is 3. The number of methoxy groups -OCH3 is 1. The molecule has 1 aliphatic rings. The molecular weight excluding hydrogens is 278 g/mol. The van der Waals surface area contributed by atoms with Crippen LogP contribution in [0.1, 0.15) is 22.5 Å². The van der Waals surface area contributed by atoms with Gasteiger partial charge in [0.1, 0.15) is 5.69 Å². The average Bonchev–Trinajstić information content (AvgIpc) is 2.98. The molecule has 0 radical (unpaired) electrons. The Hall–Kier alpha value is -2.27. The highest BCUT2D eigenvalue weighted by molar-refractivity contribution is 5.92. The van der Waals surface area contributed by atoms with Crippen molar-refractivity contribution in [2.75, 3.05) is 13.7 Å². The second kappa shape index (κ2) is 6.66. The smallest absolute Gasteiger partial charge is 0.274 e. The summed E-state index contributed by atoms with van der Waals surface area (Å²) in [5, 5.41) is 0. The van der Waals surface area contributed by atoms with Crippen LogP contribution in [0.3, 0.4) is 0 Å². The molecule has 1 aliphatic heterocycles. The highest BCUT2D eigenvalue weighted by Gasteiger charge is 2.37. The minimum atomic E-state index is -0.0754. The van der Waals surface area contributed by atoms with E-state index in [0.717, 1.165) is 12.8 Å². The fraction of sp³-hybridized carbons (Fsp3) is 0.353. The molecule has 0 spiro atoms. The minimum absolute atomic E-state index is 0.0295. The second-order valence-corrected chi connectivity index (χ2v) is 5.41. The second-order valence-electron chi connectivity index (χ2n) is 5.41. The minimum Gasteiger partial charge on any atom is -0.379 e. The molecule has 0 bridgehead atoms. The quantitative estimate of drug-likeness (QED) is 0.865. The van der Waals surface area contributed by atoms with Crippen LogP contribution in [0.4, 0.5) is 0 Å². The highest BCUT2D eigenvalue weighted by Crippen LogP contribution is 2.25. The van der Waals surface area contributed by atoms with Gasteiger partial charge in [-0.25, -0.2) is 4.98 Å². The van der Waals surface area contributed by atoms with E-state index in [1.54, 1.807) is 19.5 Å². The third-order valence-corrected chi connectivity index (χ3v) is 4.12. The Balaban J connectivity index is 1.81. The monoisotopic (exact) mass is 297 g/mol. The van der Waals surface area contributed by atoms with Crippen molar-refractivity contribution in [1.82, 2.24) is 14.9 Å². The summed E-state index contributed by atoms with van der Waals surface area (Å²) < 4.78 is 5.58. The summed E-state index contributed by atoms with van der Waals surface area (Å²) in [7, 11) is 1.71. The average molecular weight is 297 g/mol. The molecule has 2 atom stereocenters.